The van der Waals surface area contributed by atoms with Gasteiger partial charge in [-0.25, -0.2) is 0 Å². The molecule has 0 aliphatic heterocycles. The molecule has 14 rings (SSSR count). The Balaban J connectivity index is 1.26. The first-order valence-electron chi connectivity index (χ1n) is 23.2. The summed E-state index contributed by atoms with van der Waals surface area (Å²) in [5.41, 5.74) is 12.9. The van der Waals surface area contributed by atoms with Crippen molar-refractivity contribution in [1.82, 2.24) is 18.3 Å². The number of hydrogen-bond acceptors (Lipinski definition) is 3. The van der Waals surface area contributed by atoms with Crippen LogP contribution in [0.2, 0.25) is 0 Å². The number of nitrogens with zero attached hydrogens (tertiary/aromatic N) is 7. The Labute approximate surface area is 400 Å². The number of hydrogen-bond donors (Lipinski definition) is 0. The molecule has 7 heteroatoms. The molecule has 0 aliphatic rings. The summed E-state index contributed by atoms with van der Waals surface area (Å²) in [6, 6.07) is 80.4. The van der Waals surface area contributed by atoms with Gasteiger partial charge >= 0.3 is 0 Å². The molecule has 70 heavy (non-hydrogen) atoms. The molecule has 7 nitrogen and oxygen atoms in total. The van der Waals surface area contributed by atoms with Crippen LogP contribution in [0.1, 0.15) is 16.7 Å². The van der Waals surface area contributed by atoms with Gasteiger partial charge < -0.3 is 18.3 Å². The smallest absolute Gasteiger partial charge is 0.104 e. The lowest BCUT2D eigenvalue weighted by atomic mass is 9.91. The fourth-order valence-electron chi connectivity index (χ4n) is 11.5. The lowest BCUT2D eigenvalue weighted by Crippen LogP contribution is -2.14. The van der Waals surface area contributed by atoms with E-state index in [2.05, 4.69) is 164 Å². The molecular formula is C63H35N7. The van der Waals surface area contributed by atoms with Crippen molar-refractivity contribution in [3.05, 3.63) is 229 Å². The van der Waals surface area contributed by atoms with Crippen LogP contribution >= 0.6 is 0 Å². The highest BCUT2D eigenvalue weighted by molar-refractivity contribution is 6.29. The van der Waals surface area contributed by atoms with E-state index in [4.69, 9.17) is 0 Å². The first kappa shape index (κ1) is 39.1. The Bertz CT molecular complexity index is 4410. The van der Waals surface area contributed by atoms with Gasteiger partial charge in [-0.15, -0.1) is 0 Å². The zero-order valence-electron chi connectivity index (χ0n) is 37.3. The van der Waals surface area contributed by atoms with E-state index in [-0.39, 0.29) is 0 Å². The number of para-hydroxylation sites is 7. The van der Waals surface area contributed by atoms with Crippen molar-refractivity contribution < 1.29 is 0 Å². The van der Waals surface area contributed by atoms with Crippen LogP contribution in [-0.4, -0.2) is 18.3 Å². The molecule has 0 amide bonds. The predicted molar refractivity (Wildman–Crippen MR) is 283 cm³/mol. The fourth-order valence-corrected chi connectivity index (χ4v) is 11.5. The van der Waals surface area contributed by atoms with Gasteiger partial charge in [0.1, 0.15) is 23.3 Å². The molecule has 0 radical (unpaired) electrons. The van der Waals surface area contributed by atoms with E-state index in [1.165, 1.54) is 0 Å². The summed E-state index contributed by atoms with van der Waals surface area (Å²) in [6.07, 6.45) is 0. The zero-order chi connectivity index (χ0) is 46.6. The van der Waals surface area contributed by atoms with Gasteiger partial charge in [-0.1, -0.05) is 140 Å². The molecule has 0 saturated heterocycles. The quantitative estimate of drug-likeness (QED) is 0.172. The van der Waals surface area contributed by atoms with Crippen LogP contribution in [0.5, 0.6) is 0 Å². The number of aromatic nitrogens is 4. The monoisotopic (exact) mass is 889 g/mol. The van der Waals surface area contributed by atoms with Crippen molar-refractivity contribution in [2.24, 2.45) is 0 Å². The molecule has 0 saturated carbocycles. The molecule has 0 atom stereocenters. The molecule has 0 bridgehead atoms. The maximum atomic E-state index is 12.2. The molecule has 322 valence electrons. The molecule has 0 aliphatic carbocycles. The maximum Gasteiger partial charge on any atom is 0.104 e. The molecule has 4 aromatic heterocycles. The van der Waals surface area contributed by atoms with Gasteiger partial charge in [0.05, 0.1) is 72.8 Å². The average Bonchev–Trinajstić information content (AvgIpc) is 4.15. The van der Waals surface area contributed by atoms with Crippen LogP contribution in [-0.2, 0) is 0 Å². The third kappa shape index (κ3) is 5.25. The molecule has 10 aromatic carbocycles. The van der Waals surface area contributed by atoms with Gasteiger partial charge in [-0.2, -0.15) is 15.8 Å². The Morgan fingerprint density at radius 2 is 0.614 bits per heavy atom. The normalized spacial score (nSPS) is 11.7. The molecule has 14 aromatic rings. The molecule has 0 unspecified atom stereocenters. The van der Waals surface area contributed by atoms with Crippen molar-refractivity contribution in [1.29, 1.82) is 15.8 Å². The topological polar surface area (TPSA) is 91.1 Å². The van der Waals surface area contributed by atoms with E-state index in [9.17, 15) is 15.8 Å². The summed E-state index contributed by atoms with van der Waals surface area (Å²) in [4.78, 5) is 0. The van der Waals surface area contributed by atoms with Crippen LogP contribution in [0.15, 0.2) is 212 Å². The second-order valence-corrected chi connectivity index (χ2v) is 17.7. The van der Waals surface area contributed by atoms with E-state index in [1.54, 1.807) is 0 Å². The standard InChI is InChI=1S/C63H35N7/c64-36-39-30-32-40(33-31-39)58-62(68-50-24-10-4-18-42(50)43-19-5-11-25-51(43)68)48(37-65)61(49(38-66)63(58)69-52-26-12-6-20-44(52)45-21-7-13-27-53(45)69)70-55-29-15-9-23-47(55)60-57(70)35-34-56-59(60)46-22-8-14-28-54(46)67(56)41-16-2-1-3-17-41/h1-35H. The minimum atomic E-state index is 0.335. The zero-order valence-corrected chi connectivity index (χ0v) is 37.3. The van der Waals surface area contributed by atoms with Gasteiger partial charge in [0, 0.05) is 54.3 Å². The predicted octanol–water partition coefficient (Wildman–Crippen LogP) is 15.4. The molecule has 0 spiro atoms. The number of fused-ring (bicyclic) bond motifs is 13. The first-order valence-corrected chi connectivity index (χ1v) is 23.2. The fraction of sp³-hybridized carbons (Fsp3) is 0. The number of benzene rings is 10. The molecule has 0 fully saturated rings. The van der Waals surface area contributed by atoms with Crippen molar-refractivity contribution in [2.75, 3.05) is 0 Å². The van der Waals surface area contributed by atoms with Gasteiger partial charge in [-0.3, -0.25) is 0 Å². The van der Waals surface area contributed by atoms with E-state index in [0.29, 0.717) is 39.3 Å². The second kappa shape index (κ2) is 14.9. The molecule has 0 N–H and O–H groups in total. The Morgan fingerprint density at radius 1 is 0.271 bits per heavy atom. The van der Waals surface area contributed by atoms with Gasteiger partial charge in [0.25, 0.3) is 0 Å². The minimum Gasteiger partial charge on any atom is -0.309 e. The summed E-state index contributed by atoms with van der Waals surface area (Å²) in [5, 5.41) is 42.9. The summed E-state index contributed by atoms with van der Waals surface area (Å²) in [7, 11) is 0. The summed E-state index contributed by atoms with van der Waals surface area (Å²) < 4.78 is 8.94. The van der Waals surface area contributed by atoms with Gasteiger partial charge in [-0.05, 0) is 78.4 Å². The van der Waals surface area contributed by atoms with Crippen LogP contribution in [0.25, 0.3) is 121 Å². The SMILES string of the molecule is N#Cc1ccc(-c2c(-n3c4ccccc4c4ccccc43)c(C#N)c(-n3c4ccccc4c4c5c6ccccc6n(-c6ccccc6)c5ccc43)c(C#N)c2-n2c3ccccc3c3ccccc32)cc1. The lowest BCUT2D eigenvalue weighted by Gasteiger charge is -2.26. The van der Waals surface area contributed by atoms with Crippen LogP contribution < -0.4 is 0 Å². The second-order valence-electron chi connectivity index (χ2n) is 17.7. The van der Waals surface area contributed by atoms with Crippen molar-refractivity contribution in [2.45, 2.75) is 0 Å². The Hall–Kier alpha value is -10.1. The van der Waals surface area contributed by atoms with E-state index < -0.39 is 0 Å². The molecule has 4 heterocycles. The third-order valence-electron chi connectivity index (χ3n) is 14.3. The highest BCUT2D eigenvalue weighted by Crippen LogP contribution is 2.50. The summed E-state index contributed by atoms with van der Waals surface area (Å²) in [5.74, 6) is 0. The largest absolute Gasteiger partial charge is 0.309 e. The average molecular weight is 890 g/mol. The summed E-state index contributed by atoms with van der Waals surface area (Å²) >= 11 is 0. The van der Waals surface area contributed by atoms with Gasteiger partial charge in [0.2, 0.25) is 0 Å². The molecular weight excluding hydrogens is 855 g/mol. The summed E-state index contributed by atoms with van der Waals surface area (Å²) in [6.45, 7) is 0. The van der Waals surface area contributed by atoms with Crippen LogP contribution in [0.4, 0.5) is 0 Å². The van der Waals surface area contributed by atoms with E-state index in [0.717, 1.165) is 98.5 Å². The van der Waals surface area contributed by atoms with Crippen molar-refractivity contribution in [3.8, 4) is 52.1 Å². The highest BCUT2D eigenvalue weighted by Gasteiger charge is 2.33. The number of rotatable bonds is 5. The minimum absolute atomic E-state index is 0.335. The van der Waals surface area contributed by atoms with Crippen LogP contribution in [0.3, 0.4) is 0 Å². The van der Waals surface area contributed by atoms with E-state index in [1.807, 2.05) is 84.9 Å². The maximum absolute atomic E-state index is 12.2. The van der Waals surface area contributed by atoms with Crippen LogP contribution in [0, 0.1) is 34.0 Å². The first-order chi connectivity index (χ1) is 34.7. The highest BCUT2D eigenvalue weighted by atomic mass is 15.1. The van der Waals surface area contributed by atoms with E-state index >= 15 is 0 Å². The number of nitriles is 3. The van der Waals surface area contributed by atoms with Crippen molar-refractivity contribution >= 4 is 87.2 Å². The Morgan fingerprint density at radius 3 is 1.03 bits per heavy atom. The van der Waals surface area contributed by atoms with Crippen molar-refractivity contribution in [3.63, 3.8) is 0 Å². The third-order valence-corrected chi connectivity index (χ3v) is 14.3. The van der Waals surface area contributed by atoms with Gasteiger partial charge in [0.15, 0.2) is 0 Å². The lowest BCUT2D eigenvalue weighted by molar-refractivity contribution is 1.08. The Kier molecular flexibility index (Phi) is 8.34.